The molecule has 1 aliphatic heterocycles. The number of halogens is 1. The SMILES string of the molecule is C=CCN1CCN(C(=O)c2cc(N)cc(Br)c2)CC1. The first-order valence-electron chi connectivity index (χ1n) is 6.29. The van der Waals surface area contributed by atoms with Gasteiger partial charge in [0.2, 0.25) is 0 Å². The summed E-state index contributed by atoms with van der Waals surface area (Å²) in [5.41, 5.74) is 7.01. The van der Waals surface area contributed by atoms with Gasteiger partial charge in [-0.3, -0.25) is 9.69 Å². The van der Waals surface area contributed by atoms with E-state index < -0.39 is 0 Å². The van der Waals surface area contributed by atoms with Gasteiger partial charge >= 0.3 is 0 Å². The van der Waals surface area contributed by atoms with E-state index in [1.54, 1.807) is 12.1 Å². The van der Waals surface area contributed by atoms with Gasteiger partial charge in [0, 0.05) is 48.4 Å². The van der Waals surface area contributed by atoms with E-state index in [2.05, 4.69) is 27.4 Å². The Morgan fingerprint density at radius 3 is 2.58 bits per heavy atom. The maximum absolute atomic E-state index is 12.4. The summed E-state index contributed by atoms with van der Waals surface area (Å²) in [6, 6.07) is 5.33. The highest BCUT2D eigenvalue weighted by atomic mass is 79.9. The average Bonchev–Trinajstić information content (AvgIpc) is 2.38. The highest BCUT2D eigenvalue weighted by Gasteiger charge is 2.21. The molecule has 1 amide bonds. The van der Waals surface area contributed by atoms with Gasteiger partial charge in [0.1, 0.15) is 0 Å². The van der Waals surface area contributed by atoms with E-state index in [4.69, 9.17) is 5.73 Å². The topological polar surface area (TPSA) is 49.6 Å². The molecule has 102 valence electrons. The Balaban J connectivity index is 2.03. The van der Waals surface area contributed by atoms with Gasteiger partial charge in [-0.05, 0) is 18.2 Å². The molecule has 0 spiro atoms. The Bertz CT molecular complexity index is 461. The van der Waals surface area contributed by atoms with Crippen molar-refractivity contribution >= 4 is 27.5 Å². The maximum Gasteiger partial charge on any atom is 0.254 e. The van der Waals surface area contributed by atoms with Crippen LogP contribution in [-0.2, 0) is 0 Å². The first-order valence-corrected chi connectivity index (χ1v) is 7.08. The smallest absolute Gasteiger partial charge is 0.254 e. The third kappa shape index (κ3) is 3.58. The van der Waals surface area contributed by atoms with Crippen molar-refractivity contribution in [1.29, 1.82) is 0 Å². The van der Waals surface area contributed by atoms with E-state index in [1.807, 2.05) is 17.0 Å². The number of nitrogens with zero attached hydrogens (tertiary/aromatic N) is 2. The molecule has 0 atom stereocenters. The lowest BCUT2D eigenvalue weighted by molar-refractivity contribution is 0.0650. The van der Waals surface area contributed by atoms with E-state index in [-0.39, 0.29) is 5.91 Å². The van der Waals surface area contributed by atoms with E-state index >= 15 is 0 Å². The van der Waals surface area contributed by atoms with Crippen molar-refractivity contribution in [2.45, 2.75) is 0 Å². The summed E-state index contributed by atoms with van der Waals surface area (Å²) in [5, 5.41) is 0. The Kier molecular flexibility index (Phi) is 4.61. The number of hydrogen-bond acceptors (Lipinski definition) is 3. The highest BCUT2D eigenvalue weighted by molar-refractivity contribution is 9.10. The Morgan fingerprint density at radius 1 is 1.32 bits per heavy atom. The Labute approximate surface area is 122 Å². The first kappa shape index (κ1) is 14.1. The molecule has 5 heteroatoms. The van der Waals surface area contributed by atoms with Crippen molar-refractivity contribution in [3.8, 4) is 0 Å². The summed E-state index contributed by atoms with van der Waals surface area (Å²) < 4.78 is 0.834. The minimum atomic E-state index is 0.0475. The zero-order valence-corrected chi connectivity index (χ0v) is 12.4. The van der Waals surface area contributed by atoms with Crippen molar-refractivity contribution < 1.29 is 4.79 Å². The second-order valence-electron chi connectivity index (χ2n) is 4.65. The molecule has 0 aromatic heterocycles. The lowest BCUT2D eigenvalue weighted by Crippen LogP contribution is -2.48. The van der Waals surface area contributed by atoms with Gasteiger partial charge < -0.3 is 10.6 Å². The number of anilines is 1. The van der Waals surface area contributed by atoms with Crippen molar-refractivity contribution in [2.24, 2.45) is 0 Å². The van der Waals surface area contributed by atoms with Crippen molar-refractivity contribution in [3.63, 3.8) is 0 Å². The van der Waals surface area contributed by atoms with Crippen molar-refractivity contribution in [3.05, 3.63) is 40.9 Å². The van der Waals surface area contributed by atoms with Crippen LogP contribution in [0.4, 0.5) is 5.69 Å². The van der Waals surface area contributed by atoms with Crippen molar-refractivity contribution in [1.82, 2.24) is 9.80 Å². The predicted octanol–water partition coefficient (Wildman–Crippen LogP) is 1.98. The number of nitrogens with two attached hydrogens (primary N) is 1. The molecule has 0 saturated carbocycles. The van der Waals surface area contributed by atoms with Crippen LogP contribution in [0, 0.1) is 0 Å². The fraction of sp³-hybridized carbons (Fsp3) is 0.357. The number of hydrogen-bond donors (Lipinski definition) is 1. The molecule has 1 saturated heterocycles. The van der Waals surface area contributed by atoms with Gasteiger partial charge in [-0.2, -0.15) is 0 Å². The second-order valence-corrected chi connectivity index (χ2v) is 5.57. The molecule has 1 aromatic carbocycles. The van der Waals surface area contributed by atoms with E-state index in [9.17, 15) is 4.79 Å². The molecule has 2 N–H and O–H groups in total. The van der Waals surface area contributed by atoms with Crippen LogP contribution in [-0.4, -0.2) is 48.4 Å². The quantitative estimate of drug-likeness (QED) is 0.683. The van der Waals surface area contributed by atoms with Crippen LogP contribution in [0.3, 0.4) is 0 Å². The van der Waals surface area contributed by atoms with Crippen molar-refractivity contribution in [2.75, 3.05) is 38.5 Å². The number of amides is 1. The van der Waals surface area contributed by atoms with Crippen LogP contribution in [0.15, 0.2) is 35.3 Å². The Morgan fingerprint density at radius 2 is 2.00 bits per heavy atom. The summed E-state index contributed by atoms with van der Waals surface area (Å²) in [6.45, 7) is 7.89. The third-order valence-corrected chi connectivity index (χ3v) is 3.67. The minimum Gasteiger partial charge on any atom is -0.399 e. The number of carbonyl (C=O) groups excluding carboxylic acids is 1. The number of rotatable bonds is 3. The first-order chi connectivity index (χ1) is 9.10. The lowest BCUT2D eigenvalue weighted by atomic mass is 10.1. The summed E-state index contributed by atoms with van der Waals surface area (Å²) in [7, 11) is 0. The zero-order chi connectivity index (χ0) is 13.8. The molecule has 0 unspecified atom stereocenters. The molecule has 1 fully saturated rings. The molecule has 1 aliphatic rings. The van der Waals surface area contributed by atoms with Crippen LogP contribution >= 0.6 is 15.9 Å². The van der Waals surface area contributed by atoms with Gasteiger partial charge in [0.15, 0.2) is 0 Å². The summed E-state index contributed by atoms with van der Waals surface area (Å²) in [5.74, 6) is 0.0475. The fourth-order valence-electron chi connectivity index (χ4n) is 2.23. The number of carbonyl (C=O) groups is 1. The largest absolute Gasteiger partial charge is 0.399 e. The number of nitrogen functional groups attached to an aromatic ring is 1. The van der Waals surface area contributed by atoms with Gasteiger partial charge in [0.25, 0.3) is 5.91 Å². The summed E-state index contributed by atoms with van der Waals surface area (Å²) in [4.78, 5) is 16.5. The van der Waals surface area contributed by atoms with Crippen LogP contribution < -0.4 is 5.73 Å². The van der Waals surface area contributed by atoms with Gasteiger partial charge in [-0.1, -0.05) is 22.0 Å². The molecule has 1 heterocycles. The molecule has 4 nitrogen and oxygen atoms in total. The summed E-state index contributed by atoms with van der Waals surface area (Å²) >= 11 is 3.37. The fourth-order valence-corrected chi connectivity index (χ4v) is 2.75. The van der Waals surface area contributed by atoms with Gasteiger partial charge in [0.05, 0.1) is 0 Å². The molecule has 0 bridgehead atoms. The highest BCUT2D eigenvalue weighted by Crippen LogP contribution is 2.19. The lowest BCUT2D eigenvalue weighted by Gasteiger charge is -2.34. The van der Waals surface area contributed by atoms with Gasteiger partial charge in [-0.15, -0.1) is 6.58 Å². The van der Waals surface area contributed by atoms with Crippen LogP contribution in [0.2, 0.25) is 0 Å². The average molecular weight is 324 g/mol. The molecular weight excluding hydrogens is 306 g/mol. The van der Waals surface area contributed by atoms with E-state index in [0.717, 1.165) is 37.2 Å². The Hall–Kier alpha value is -1.33. The molecule has 19 heavy (non-hydrogen) atoms. The predicted molar refractivity (Wildman–Crippen MR) is 81.1 cm³/mol. The molecular formula is C14H18BrN3O. The molecule has 1 aromatic rings. The van der Waals surface area contributed by atoms with Crippen LogP contribution in [0.25, 0.3) is 0 Å². The molecule has 0 radical (unpaired) electrons. The zero-order valence-electron chi connectivity index (χ0n) is 10.8. The third-order valence-electron chi connectivity index (χ3n) is 3.21. The van der Waals surface area contributed by atoms with Crippen LogP contribution in [0.5, 0.6) is 0 Å². The van der Waals surface area contributed by atoms with Crippen LogP contribution in [0.1, 0.15) is 10.4 Å². The van der Waals surface area contributed by atoms with E-state index in [0.29, 0.717) is 11.3 Å². The monoisotopic (exact) mass is 323 g/mol. The normalized spacial score (nSPS) is 16.4. The molecule has 0 aliphatic carbocycles. The number of piperazine rings is 1. The molecule has 2 rings (SSSR count). The van der Waals surface area contributed by atoms with E-state index in [1.165, 1.54) is 0 Å². The summed E-state index contributed by atoms with van der Waals surface area (Å²) in [6.07, 6.45) is 1.90. The standard InChI is InChI=1S/C14H18BrN3O/c1-2-3-17-4-6-18(7-5-17)14(19)11-8-12(15)10-13(16)9-11/h2,8-10H,1,3-7,16H2. The van der Waals surface area contributed by atoms with Gasteiger partial charge in [-0.25, -0.2) is 0 Å². The minimum absolute atomic E-state index is 0.0475. The maximum atomic E-state index is 12.4. The second kappa shape index (κ2) is 6.21. The number of benzene rings is 1.